The van der Waals surface area contributed by atoms with Crippen LogP contribution < -0.4 is 9.62 Å². The summed E-state index contributed by atoms with van der Waals surface area (Å²) in [6.07, 6.45) is 2.12. The maximum absolute atomic E-state index is 14.1. The normalized spacial score (nSPS) is 12.0. The Labute approximate surface area is 243 Å². The molecule has 0 bridgehead atoms. The van der Waals surface area contributed by atoms with Crippen LogP contribution in [0.4, 0.5) is 5.69 Å². The highest BCUT2D eigenvalue weighted by Gasteiger charge is 2.33. The minimum Gasteiger partial charge on any atom is -0.354 e. The van der Waals surface area contributed by atoms with Gasteiger partial charge in [0.25, 0.3) is 10.0 Å². The molecule has 0 unspecified atom stereocenters. The molecule has 0 radical (unpaired) electrons. The van der Waals surface area contributed by atoms with Gasteiger partial charge in [-0.2, -0.15) is 0 Å². The van der Waals surface area contributed by atoms with Crippen LogP contribution in [0, 0.1) is 13.8 Å². The average Bonchev–Trinajstić information content (AvgIpc) is 2.94. The van der Waals surface area contributed by atoms with E-state index in [2.05, 4.69) is 5.32 Å². The number of rotatable bonds is 13. The van der Waals surface area contributed by atoms with Crippen LogP contribution in [0.5, 0.6) is 0 Å². The molecule has 40 heavy (non-hydrogen) atoms. The fourth-order valence-corrected chi connectivity index (χ4v) is 5.90. The Morgan fingerprint density at radius 3 is 2.23 bits per heavy atom. The lowest BCUT2D eigenvalue weighted by molar-refractivity contribution is -0.140. The van der Waals surface area contributed by atoms with Gasteiger partial charge in [-0.25, -0.2) is 8.42 Å². The summed E-state index contributed by atoms with van der Waals surface area (Å²) in [7, 11) is -4.13. The highest BCUT2D eigenvalue weighted by molar-refractivity contribution is 7.92. The Morgan fingerprint density at radius 1 is 0.950 bits per heavy atom. The fourth-order valence-electron chi connectivity index (χ4n) is 4.30. The van der Waals surface area contributed by atoms with Crippen molar-refractivity contribution in [3.05, 3.63) is 94.5 Å². The first-order valence-electron chi connectivity index (χ1n) is 13.5. The Balaban J connectivity index is 2.04. The number of unbranched alkanes of at least 4 members (excludes halogenated alkanes) is 1. The number of hydrogen-bond donors (Lipinski definition) is 1. The minimum absolute atomic E-state index is 0.0499. The molecule has 0 aliphatic carbocycles. The number of benzene rings is 3. The highest BCUT2D eigenvalue weighted by Crippen LogP contribution is 2.28. The summed E-state index contributed by atoms with van der Waals surface area (Å²) in [6.45, 7) is 7.84. The van der Waals surface area contributed by atoms with Gasteiger partial charge in [-0.15, -0.1) is 0 Å². The van der Waals surface area contributed by atoms with Crippen LogP contribution in [-0.4, -0.2) is 44.3 Å². The molecule has 0 aromatic heterocycles. The third kappa shape index (κ3) is 7.86. The summed E-state index contributed by atoms with van der Waals surface area (Å²) in [4.78, 5) is 28.8. The quantitative estimate of drug-likeness (QED) is 0.255. The molecule has 0 aliphatic heterocycles. The van der Waals surface area contributed by atoms with E-state index < -0.39 is 28.5 Å². The van der Waals surface area contributed by atoms with Crippen molar-refractivity contribution in [3.63, 3.8) is 0 Å². The minimum atomic E-state index is -4.13. The van der Waals surface area contributed by atoms with Gasteiger partial charge in [-0.3, -0.25) is 13.9 Å². The predicted octanol–water partition coefficient (Wildman–Crippen LogP) is 5.88. The molecular formula is C31H38ClN3O4S. The molecule has 0 fully saturated rings. The zero-order chi connectivity index (χ0) is 29.3. The van der Waals surface area contributed by atoms with Crippen LogP contribution in [0.1, 0.15) is 49.8 Å². The lowest BCUT2D eigenvalue weighted by Gasteiger charge is -2.33. The summed E-state index contributed by atoms with van der Waals surface area (Å²) in [6, 6.07) is 19.8. The molecular weight excluding hydrogens is 546 g/mol. The van der Waals surface area contributed by atoms with Crippen molar-refractivity contribution in [1.29, 1.82) is 0 Å². The van der Waals surface area contributed by atoms with Crippen molar-refractivity contribution < 1.29 is 18.0 Å². The van der Waals surface area contributed by atoms with Crippen molar-refractivity contribution in [2.75, 3.05) is 17.4 Å². The van der Waals surface area contributed by atoms with E-state index in [0.29, 0.717) is 18.0 Å². The number of sulfonamides is 1. The van der Waals surface area contributed by atoms with E-state index >= 15 is 0 Å². The lowest BCUT2D eigenvalue weighted by atomic mass is 10.1. The number of halogens is 1. The molecule has 9 heteroatoms. The predicted molar refractivity (Wildman–Crippen MR) is 161 cm³/mol. The first-order chi connectivity index (χ1) is 19.1. The van der Waals surface area contributed by atoms with Gasteiger partial charge in [-0.05, 0) is 62.1 Å². The molecule has 7 nitrogen and oxygen atoms in total. The van der Waals surface area contributed by atoms with Crippen LogP contribution in [-0.2, 0) is 26.2 Å². The third-order valence-electron chi connectivity index (χ3n) is 6.74. The number of aryl methyl sites for hydroxylation is 2. The molecule has 1 N–H and O–H groups in total. The average molecular weight is 584 g/mol. The van der Waals surface area contributed by atoms with Crippen LogP contribution in [0.25, 0.3) is 0 Å². The molecule has 3 rings (SSSR count). The third-order valence-corrected chi connectivity index (χ3v) is 8.94. The number of nitrogens with zero attached hydrogens (tertiary/aromatic N) is 2. The van der Waals surface area contributed by atoms with Gasteiger partial charge in [-0.1, -0.05) is 86.0 Å². The van der Waals surface area contributed by atoms with Gasteiger partial charge in [0.05, 0.1) is 10.6 Å². The van der Waals surface area contributed by atoms with Crippen molar-refractivity contribution >= 4 is 39.1 Å². The van der Waals surface area contributed by atoms with E-state index in [1.807, 2.05) is 52.0 Å². The van der Waals surface area contributed by atoms with E-state index in [4.69, 9.17) is 11.6 Å². The molecule has 0 heterocycles. The topological polar surface area (TPSA) is 86.8 Å². The summed E-state index contributed by atoms with van der Waals surface area (Å²) < 4.78 is 28.8. The van der Waals surface area contributed by atoms with Gasteiger partial charge in [0.2, 0.25) is 11.8 Å². The number of nitrogens with one attached hydrogen (secondary N) is 1. The first kappa shape index (κ1) is 31.2. The Morgan fingerprint density at radius 2 is 1.62 bits per heavy atom. The van der Waals surface area contributed by atoms with E-state index in [1.165, 1.54) is 17.0 Å². The van der Waals surface area contributed by atoms with E-state index in [-0.39, 0.29) is 23.0 Å². The fraction of sp³-hybridized carbons (Fsp3) is 0.355. The zero-order valence-electron chi connectivity index (χ0n) is 23.6. The first-order valence-corrected chi connectivity index (χ1v) is 15.4. The largest absolute Gasteiger partial charge is 0.354 e. The maximum Gasteiger partial charge on any atom is 0.264 e. The molecule has 1 atom stereocenters. The van der Waals surface area contributed by atoms with Crippen LogP contribution >= 0.6 is 11.6 Å². The van der Waals surface area contributed by atoms with Gasteiger partial charge in [0.1, 0.15) is 12.6 Å². The molecule has 3 aromatic carbocycles. The standard InChI is InChI=1S/C31H38ClN3O4S/c1-5-7-19-33-31(37)29(6-2)34(21-25-16-13-23(3)14-17-25)30(36)22-35(26-18-15-24(4)28(32)20-26)40(38,39)27-11-9-8-10-12-27/h8-18,20,29H,5-7,19,21-22H2,1-4H3,(H,33,37)/t29-/m0/s1. The van der Waals surface area contributed by atoms with Gasteiger partial charge in [0.15, 0.2) is 0 Å². The van der Waals surface area contributed by atoms with E-state index in [9.17, 15) is 18.0 Å². The van der Waals surface area contributed by atoms with Crippen molar-refractivity contribution in [3.8, 4) is 0 Å². The second-order valence-corrected chi connectivity index (χ2v) is 12.1. The highest BCUT2D eigenvalue weighted by atomic mass is 35.5. The Hall–Kier alpha value is -3.36. The smallest absolute Gasteiger partial charge is 0.264 e. The summed E-state index contributed by atoms with van der Waals surface area (Å²) >= 11 is 6.38. The van der Waals surface area contributed by atoms with E-state index in [0.717, 1.165) is 33.8 Å². The second-order valence-electron chi connectivity index (χ2n) is 9.83. The number of amides is 2. The SMILES string of the molecule is CCCCNC(=O)[C@H](CC)N(Cc1ccc(C)cc1)C(=O)CN(c1ccc(C)c(Cl)c1)S(=O)(=O)c1ccccc1. The molecule has 2 amide bonds. The Kier molecular flexibility index (Phi) is 11.2. The molecule has 3 aromatic rings. The second kappa shape index (κ2) is 14.3. The van der Waals surface area contributed by atoms with Crippen molar-refractivity contribution in [2.45, 2.75) is 64.4 Å². The van der Waals surface area contributed by atoms with Crippen molar-refractivity contribution in [2.24, 2.45) is 0 Å². The van der Waals surface area contributed by atoms with E-state index in [1.54, 1.807) is 36.4 Å². The summed E-state index contributed by atoms with van der Waals surface area (Å²) in [5.41, 5.74) is 2.96. The monoisotopic (exact) mass is 583 g/mol. The number of carbonyl (C=O) groups is 2. The number of carbonyl (C=O) groups excluding carboxylic acids is 2. The summed E-state index contributed by atoms with van der Waals surface area (Å²) in [5, 5.41) is 3.32. The van der Waals surface area contributed by atoms with Gasteiger partial charge in [0, 0.05) is 18.1 Å². The maximum atomic E-state index is 14.1. The van der Waals surface area contributed by atoms with Crippen LogP contribution in [0.2, 0.25) is 5.02 Å². The van der Waals surface area contributed by atoms with Gasteiger partial charge < -0.3 is 10.2 Å². The van der Waals surface area contributed by atoms with Gasteiger partial charge >= 0.3 is 0 Å². The van der Waals surface area contributed by atoms with Crippen LogP contribution in [0.3, 0.4) is 0 Å². The Bertz CT molecular complexity index is 1400. The number of anilines is 1. The number of hydrogen-bond acceptors (Lipinski definition) is 4. The van der Waals surface area contributed by atoms with Crippen molar-refractivity contribution in [1.82, 2.24) is 10.2 Å². The molecule has 0 aliphatic rings. The van der Waals surface area contributed by atoms with Crippen LogP contribution in [0.15, 0.2) is 77.7 Å². The lowest BCUT2D eigenvalue weighted by Crippen LogP contribution is -2.52. The molecule has 214 valence electrons. The summed E-state index contributed by atoms with van der Waals surface area (Å²) in [5.74, 6) is -0.749. The molecule has 0 saturated carbocycles. The molecule has 0 saturated heterocycles. The zero-order valence-corrected chi connectivity index (χ0v) is 25.1. The molecule has 0 spiro atoms.